The number of hydrogen-bond acceptors (Lipinski definition) is 4. The van der Waals surface area contributed by atoms with E-state index in [0.29, 0.717) is 17.2 Å². The van der Waals surface area contributed by atoms with Gasteiger partial charge in [0.15, 0.2) is 5.76 Å². The zero-order valence-electron chi connectivity index (χ0n) is 17.3. The van der Waals surface area contributed by atoms with Crippen LogP contribution in [-0.2, 0) is 5.41 Å². The largest absolute Gasteiger partial charge is 0.508 e. The van der Waals surface area contributed by atoms with Gasteiger partial charge >= 0.3 is 5.97 Å². The van der Waals surface area contributed by atoms with Crippen LogP contribution in [0.5, 0.6) is 5.75 Å². The number of nitrogens with zero attached hydrogens (tertiary/aromatic N) is 1. The molecule has 0 atom stereocenters. The average molecular weight is 415 g/mol. The lowest BCUT2D eigenvalue weighted by atomic mass is 9.48. The molecule has 3 aromatic rings. The molecule has 0 unspecified atom stereocenters. The molecule has 5 nitrogen and oxygen atoms in total. The molecule has 0 radical (unpaired) electrons. The third kappa shape index (κ3) is 3.06. The van der Waals surface area contributed by atoms with Crippen molar-refractivity contribution in [2.24, 2.45) is 17.8 Å². The standard InChI is InChI=1S/C26H25NO4/c28-23-6-5-20(10-21(23)26-12-15-7-16(13-26)9-17(8-15)14-26)24-11-22(27-31-24)18-1-3-19(4-2-18)25(29)30/h1-6,10-11,15-17,28H,7-9,12-14H2,(H,29,30). The van der Waals surface area contributed by atoms with Crippen LogP contribution in [0, 0.1) is 17.8 Å². The minimum Gasteiger partial charge on any atom is -0.508 e. The first-order valence-electron chi connectivity index (χ1n) is 11.1. The van der Waals surface area contributed by atoms with E-state index in [0.717, 1.165) is 34.4 Å². The van der Waals surface area contributed by atoms with E-state index in [9.17, 15) is 9.90 Å². The van der Waals surface area contributed by atoms with E-state index in [-0.39, 0.29) is 11.0 Å². The molecule has 7 rings (SSSR count). The van der Waals surface area contributed by atoms with Gasteiger partial charge in [-0.1, -0.05) is 17.3 Å². The Kier molecular flexibility index (Phi) is 4.04. The molecule has 1 heterocycles. The van der Waals surface area contributed by atoms with Crippen LogP contribution in [0.3, 0.4) is 0 Å². The minimum absolute atomic E-state index is 0.102. The molecule has 4 aliphatic rings. The molecular formula is C26H25NO4. The Morgan fingerprint density at radius 1 is 0.903 bits per heavy atom. The first-order chi connectivity index (χ1) is 15.0. The van der Waals surface area contributed by atoms with Crippen molar-refractivity contribution < 1.29 is 19.5 Å². The molecule has 2 aromatic carbocycles. The van der Waals surface area contributed by atoms with Gasteiger partial charge in [-0.05, 0) is 92.0 Å². The van der Waals surface area contributed by atoms with Crippen LogP contribution < -0.4 is 0 Å². The van der Waals surface area contributed by atoms with Gasteiger partial charge in [0.25, 0.3) is 0 Å². The lowest BCUT2D eigenvalue weighted by Crippen LogP contribution is -2.48. The van der Waals surface area contributed by atoms with Gasteiger partial charge in [-0.3, -0.25) is 0 Å². The van der Waals surface area contributed by atoms with Gasteiger partial charge in [0.2, 0.25) is 0 Å². The second-order valence-electron chi connectivity index (χ2n) is 9.89. The Morgan fingerprint density at radius 2 is 1.52 bits per heavy atom. The van der Waals surface area contributed by atoms with Crippen LogP contribution >= 0.6 is 0 Å². The highest BCUT2D eigenvalue weighted by Crippen LogP contribution is 2.62. The number of carboxylic acid groups (broad SMARTS) is 1. The summed E-state index contributed by atoms with van der Waals surface area (Å²) in [4.78, 5) is 11.1. The number of rotatable bonds is 4. The lowest BCUT2D eigenvalue weighted by molar-refractivity contribution is -0.00611. The number of phenolic OH excluding ortho intramolecular Hbond substituents is 1. The summed E-state index contributed by atoms with van der Waals surface area (Å²) in [6.07, 6.45) is 7.66. The Balaban J connectivity index is 1.34. The molecule has 0 amide bonds. The van der Waals surface area contributed by atoms with E-state index in [2.05, 4.69) is 11.2 Å². The van der Waals surface area contributed by atoms with Crippen LogP contribution in [0.2, 0.25) is 0 Å². The molecule has 4 fully saturated rings. The van der Waals surface area contributed by atoms with Gasteiger partial charge in [-0.25, -0.2) is 4.79 Å². The van der Waals surface area contributed by atoms with Crippen molar-refractivity contribution in [3.8, 4) is 28.3 Å². The number of aromatic carboxylic acids is 1. The van der Waals surface area contributed by atoms with Gasteiger partial charge < -0.3 is 14.7 Å². The number of carboxylic acids is 1. The van der Waals surface area contributed by atoms with Crippen LogP contribution in [-0.4, -0.2) is 21.3 Å². The van der Waals surface area contributed by atoms with Crippen molar-refractivity contribution >= 4 is 5.97 Å². The van der Waals surface area contributed by atoms with Crippen LogP contribution in [0.25, 0.3) is 22.6 Å². The number of aromatic hydroxyl groups is 1. The second kappa shape index (κ2) is 6.71. The SMILES string of the molecule is O=C(O)c1ccc(-c2cc(-c3ccc(O)c(C45CC6CC(CC(C6)C4)C5)c3)on2)cc1. The van der Waals surface area contributed by atoms with E-state index in [1.807, 2.05) is 12.1 Å². The van der Waals surface area contributed by atoms with Gasteiger partial charge in [0, 0.05) is 22.8 Å². The van der Waals surface area contributed by atoms with Crippen molar-refractivity contribution in [1.82, 2.24) is 5.16 Å². The monoisotopic (exact) mass is 415 g/mol. The number of aromatic nitrogens is 1. The molecule has 0 aliphatic heterocycles. The maximum Gasteiger partial charge on any atom is 0.335 e. The number of hydrogen-bond donors (Lipinski definition) is 2. The first-order valence-corrected chi connectivity index (χ1v) is 11.1. The van der Waals surface area contributed by atoms with E-state index < -0.39 is 5.97 Å². The molecular weight excluding hydrogens is 390 g/mol. The smallest absolute Gasteiger partial charge is 0.335 e. The number of phenols is 1. The zero-order chi connectivity index (χ0) is 21.2. The Morgan fingerprint density at radius 3 is 2.13 bits per heavy atom. The second-order valence-corrected chi connectivity index (χ2v) is 9.89. The molecule has 5 heteroatoms. The quantitative estimate of drug-likeness (QED) is 0.556. The molecule has 1 aromatic heterocycles. The molecule has 4 saturated carbocycles. The third-order valence-corrected chi connectivity index (χ3v) is 7.83. The summed E-state index contributed by atoms with van der Waals surface area (Å²) in [6.45, 7) is 0. The molecule has 158 valence electrons. The predicted octanol–water partition coefficient (Wildman–Crippen LogP) is 5.88. The van der Waals surface area contributed by atoms with Crippen molar-refractivity contribution in [1.29, 1.82) is 0 Å². The molecule has 2 N–H and O–H groups in total. The first kappa shape index (κ1) is 18.7. The zero-order valence-corrected chi connectivity index (χ0v) is 17.3. The van der Waals surface area contributed by atoms with Gasteiger partial charge in [-0.15, -0.1) is 0 Å². The summed E-state index contributed by atoms with van der Waals surface area (Å²) >= 11 is 0. The fraction of sp³-hybridized carbons (Fsp3) is 0.385. The molecule has 4 aliphatic carbocycles. The maximum atomic E-state index is 11.1. The van der Waals surface area contributed by atoms with E-state index >= 15 is 0 Å². The Labute approximate surface area is 180 Å². The van der Waals surface area contributed by atoms with Crippen molar-refractivity contribution in [2.75, 3.05) is 0 Å². The summed E-state index contributed by atoms with van der Waals surface area (Å²) < 4.78 is 5.65. The number of benzene rings is 2. The summed E-state index contributed by atoms with van der Waals surface area (Å²) in [6, 6.07) is 14.3. The fourth-order valence-corrected chi connectivity index (χ4v) is 6.89. The lowest BCUT2D eigenvalue weighted by Gasteiger charge is -2.57. The highest BCUT2D eigenvalue weighted by Gasteiger charge is 2.52. The van der Waals surface area contributed by atoms with Crippen LogP contribution in [0.4, 0.5) is 0 Å². The maximum absolute atomic E-state index is 11.1. The summed E-state index contributed by atoms with van der Waals surface area (Å²) in [7, 11) is 0. The normalized spacial score (nSPS) is 28.7. The van der Waals surface area contributed by atoms with Gasteiger partial charge in [0.1, 0.15) is 11.4 Å². The van der Waals surface area contributed by atoms with Crippen molar-refractivity contribution in [2.45, 2.75) is 43.9 Å². The van der Waals surface area contributed by atoms with Crippen LogP contribution in [0.15, 0.2) is 53.1 Å². The van der Waals surface area contributed by atoms with Crippen molar-refractivity contribution in [3.63, 3.8) is 0 Å². The van der Waals surface area contributed by atoms with Crippen LogP contribution in [0.1, 0.15) is 54.4 Å². The van der Waals surface area contributed by atoms with E-state index in [4.69, 9.17) is 9.63 Å². The summed E-state index contributed by atoms with van der Waals surface area (Å²) in [5.74, 6) is 2.52. The van der Waals surface area contributed by atoms with E-state index in [1.54, 1.807) is 30.3 Å². The molecule has 0 saturated heterocycles. The highest BCUT2D eigenvalue weighted by atomic mass is 16.5. The molecule has 0 spiro atoms. The summed E-state index contributed by atoms with van der Waals surface area (Å²) in [5, 5.41) is 24.1. The molecule has 31 heavy (non-hydrogen) atoms. The van der Waals surface area contributed by atoms with E-state index in [1.165, 1.54) is 38.5 Å². The average Bonchev–Trinajstić information content (AvgIpc) is 3.23. The Bertz CT molecular complexity index is 1130. The summed E-state index contributed by atoms with van der Waals surface area (Å²) in [5.41, 5.74) is 3.81. The topological polar surface area (TPSA) is 83.6 Å². The third-order valence-electron chi connectivity index (χ3n) is 7.83. The number of carbonyl (C=O) groups is 1. The predicted molar refractivity (Wildman–Crippen MR) is 116 cm³/mol. The molecule has 4 bridgehead atoms. The fourth-order valence-electron chi connectivity index (χ4n) is 6.89. The van der Waals surface area contributed by atoms with Crippen molar-refractivity contribution in [3.05, 3.63) is 59.7 Å². The highest BCUT2D eigenvalue weighted by molar-refractivity contribution is 5.88. The Hall–Kier alpha value is -3.08. The minimum atomic E-state index is -0.950. The van der Waals surface area contributed by atoms with Gasteiger partial charge in [0.05, 0.1) is 5.56 Å². The van der Waals surface area contributed by atoms with Gasteiger partial charge in [-0.2, -0.15) is 0 Å².